The molecule has 0 radical (unpaired) electrons. The van der Waals surface area contributed by atoms with Crippen LogP contribution in [0.5, 0.6) is 0 Å². The van der Waals surface area contributed by atoms with Crippen LogP contribution in [0.25, 0.3) is 0 Å². The summed E-state index contributed by atoms with van der Waals surface area (Å²) in [4.78, 5) is 25.3. The summed E-state index contributed by atoms with van der Waals surface area (Å²) in [6.45, 7) is 0. The predicted octanol–water partition coefficient (Wildman–Crippen LogP) is 3.55. The lowest BCUT2D eigenvalue weighted by Crippen LogP contribution is -2.16. The molecule has 2 rings (SSSR count). The lowest BCUT2D eigenvalue weighted by molar-refractivity contribution is 0.0697. The average Bonchev–Trinajstić information content (AvgIpc) is 2.73. The summed E-state index contributed by atoms with van der Waals surface area (Å²) in [6, 6.07) is 2.25. The second-order valence-electron chi connectivity index (χ2n) is 3.92. The molecule has 110 valence electrons. The van der Waals surface area contributed by atoms with Crippen LogP contribution in [-0.2, 0) is 0 Å². The number of carboxylic acids is 1. The minimum atomic E-state index is -1.52. The van der Waals surface area contributed by atoms with E-state index in [2.05, 4.69) is 10.3 Å². The largest absolute Gasteiger partial charge is 0.478 e. The molecule has 2 aromatic rings. The van der Waals surface area contributed by atoms with E-state index in [4.69, 9.17) is 28.3 Å². The zero-order valence-electron chi connectivity index (χ0n) is 10.0. The van der Waals surface area contributed by atoms with E-state index in [9.17, 15) is 18.4 Å². The predicted molar refractivity (Wildman–Crippen MR) is 72.1 cm³/mol. The number of carboxylic acid groups (broad SMARTS) is 1. The summed E-state index contributed by atoms with van der Waals surface area (Å²) in [7, 11) is 0. The number of nitrogens with one attached hydrogen (secondary N) is 2. The molecule has 1 amide bonds. The molecular formula is C12H6Cl2F2N2O3. The van der Waals surface area contributed by atoms with Crippen molar-refractivity contribution in [2.45, 2.75) is 0 Å². The third-order valence-corrected chi connectivity index (χ3v) is 3.20. The molecule has 0 aliphatic rings. The van der Waals surface area contributed by atoms with Gasteiger partial charge in [0.1, 0.15) is 10.8 Å². The van der Waals surface area contributed by atoms with Crippen LogP contribution in [0.4, 0.5) is 14.5 Å². The van der Waals surface area contributed by atoms with Gasteiger partial charge < -0.3 is 15.4 Å². The van der Waals surface area contributed by atoms with Crippen molar-refractivity contribution in [3.8, 4) is 0 Å². The minimum Gasteiger partial charge on any atom is -0.478 e. The molecule has 0 aliphatic heterocycles. The number of anilines is 1. The molecule has 1 aromatic heterocycles. The van der Waals surface area contributed by atoms with E-state index in [0.717, 1.165) is 0 Å². The summed E-state index contributed by atoms with van der Waals surface area (Å²) in [5.74, 6) is -4.96. The number of amides is 1. The Kier molecular flexibility index (Phi) is 4.15. The molecule has 0 spiro atoms. The van der Waals surface area contributed by atoms with Gasteiger partial charge in [0.2, 0.25) is 0 Å². The van der Waals surface area contributed by atoms with Crippen molar-refractivity contribution < 1.29 is 23.5 Å². The molecule has 5 nitrogen and oxygen atoms in total. The first-order chi connectivity index (χ1) is 9.79. The van der Waals surface area contributed by atoms with Gasteiger partial charge in [0.05, 0.1) is 16.3 Å². The molecule has 0 saturated carbocycles. The first-order valence-corrected chi connectivity index (χ1v) is 6.13. The highest BCUT2D eigenvalue weighted by molar-refractivity contribution is 6.41. The molecule has 0 bridgehead atoms. The third kappa shape index (κ3) is 3.14. The molecule has 0 aliphatic carbocycles. The highest BCUT2D eigenvalue weighted by Gasteiger charge is 2.19. The lowest BCUT2D eigenvalue weighted by Gasteiger charge is -2.08. The number of benzene rings is 1. The number of hydrogen-bond acceptors (Lipinski definition) is 2. The number of halogens is 4. The van der Waals surface area contributed by atoms with E-state index in [1.54, 1.807) is 0 Å². The Bertz CT molecular complexity index is 727. The molecule has 0 saturated heterocycles. The van der Waals surface area contributed by atoms with E-state index in [-0.39, 0.29) is 15.9 Å². The van der Waals surface area contributed by atoms with E-state index < -0.39 is 34.8 Å². The Morgan fingerprint density at radius 2 is 1.76 bits per heavy atom. The highest BCUT2D eigenvalue weighted by atomic mass is 35.5. The Morgan fingerprint density at radius 3 is 2.29 bits per heavy atom. The van der Waals surface area contributed by atoms with Crippen LogP contribution in [0, 0.1) is 11.6 Å². The molecule has 9 heteroatoms. The van der Waals surface area contributed by atoms with Crippen molar-refractivity contribution in [2.75, 3.05) is 5.32 Å². The first-order valence-electron chi connectivity index (χ1n) is 5.37. The van der Waals surface area contributed by atoms with Gasteiger partial charge in [-0.05, 0) is 12.1 Å². The van der Waals surface area contributed by atoms with Crippen molar-refractivity contribution >= 4 is 40.8 Å². The molecule has 1 aromatic carbocycles. The summed E-state index contributed by atoms with van der Waals surface area (Å²) in [6.07, 6.45) is 0. The molecule has 1 heterocycles. The van der Waals surface area contributed by atoms with Gasteiger partial charge in [-0.3, -0.25) is 4.79 Å². The fourth-order valence-electron chi connectivity index (χ4n) is 1.54. The average molecular weight is 335 g/mol. The van der Waals surface area contributed by atoms with Gasteiger partial charge in [0.25, 0.3) is 5.91 Å². The van der Waals surface area contributed by atoms with E-state index in [0.29, 0.717) is 12.1 Å². The van der Waals surface area contributed by atoms with Gasteiger partial charge in [-0.2, -0.15) is 0 Å². The minimum absolute atomic E-state index is 0.0190. The zero-order valence-corrected chi connectivity index (χ0v) is 11.5. The fourth-order valence-corrected chi connectivity index (χ4v) is 1.86. The van der Waals surface area contributed by atoms with Crippen molar-refractivity contribution in [1.29, 1.82) is 0 Å². The van der Waals surface area contributed by atoms with Crippen molar-refractivity contribution in [1.82, 2.24) is 4.98 Å². The third-order valence-electron chi connectivity index (χ3n) is 2.51. The standard InChI is InChI=1S/C12H6Cl2F2N2O3/c13-5-2-9(17-10(5)14)11(19)18-8-3-7(16)6(15)1-4(8)12(20)21/h1-3,17H,(H,18,19)(H,20,21). The lowest BCUT2D eigenvalue weighted by atomic mass is 10.1. The van der Waals surface area contributed by atoms with Crippen molar-refractivity contribution in [3.63, 3.8) is 0 Å². The van der Waals surface area contributed by atoms with Crippen LogP contribution in [0.15, 0.2) is 18.2 Å². The molecule has 0 fully saturated rings. The number of carbonyl (C=O) groups is 2. The van der Waals surface area contributed by atoms with Gasteiger partial charge in [-0.1, -0.05) is 23.2 Å². The van der Waals surface area contributed by atoms with Crippen LogP contribution in [-0.4, -0.2) is 22.0 Å². The van der Waals surface area contributed by atoms with Crippen LogP contribution in [0.3, 0.4) is 0 Å². The smallest absolute Gasteiger partial charge is 0.337 e. The molecule has 21 heavy (non-hydrogen) atoms. The number of rotatable bonds is 3. The maximum absolute atomic E-state index is 13.2. The normalized spacial score (nSPS) is 10.5. The monoisotopic (exact) mass is 334 g/mol. The second-order valence-corrected chi connectivity index (χ2v) is 4.70. The Hall–Kier alpha value is -2.12. The summed E-state index contributed by atoms with van der Waals surface area (Å²) in [5.41, 5.74) is -1.05. The number of aromatic amines is 1. The molecular weight excluding hydrogens is 329 g/mol. The highest BCUT2D eigenvalue weighted by Crippen LogP contribution is 2.24. The van der Waals surface area contributed by atoms with Gasteiger partial charge in [0.15, 0.2) is 11.6 Å². The van der Waals surface area contributed by atoms with Crippen LogP contribution < -0.4 is 5.32 Å². The SMILES string of the molecule is O=C(Nc1cc(F)c(F)cc1C(=O)O)c1cc(Cl)c(Cl)[nH]1. The Morgan fingerprint density at radius 1 is 1.14 bits per heavy atom. The maximum Gasteiger partial charge on any atom is 0.337 e. The van der Waals surface area contributed by atoms with Gasteiger partial charge >= 0.3 is 5.97 Å². The van der Waals surface area contributed by atoms with Crippen LogP contribution >= 0.6 is 23.2 Å². The number of aromatic nitrogens is 1. The van der Waals surface area contributed by atoms with Crippen LogP contribution in [0.2, 0.25) is 10.2 Å². The van der Waals surface area contributed by atoms with E-state index in [1.165, 1.54) is 6.07 Å². The van der Waals surface area contributed by atoms with Gasteiger partial charge in [0, 0.05) is 6.07 Å². The quantitative estimate of drug-likeness (QED) is 0.802. The molecule has 0 unspecified atom stereocenters. The topological polar surface area (TPSA) is 82.2 Å². The summed E-state index contributed by atoms with van der Waals surface area (Å²) >= 11 is 11.3. The second kappa shape index (κ2) is 5.71. The van der Waals surface area contributed by atoms with Crippen molar-refractivity contribution in [3.05, 3.63) is 51.3 Å². The number of H-pyrrole nitrogens is 1. The molecule has 3 N–H and O–H groups in total. The van der Waals surface area contributed by atoms with Gasteiger partial charge in [-0.25, -0.2) is 13.6 Å². The maximum atomic E-state index is 13.2. The van der Waals surface area contributed by atoms with Gasteiger partial charge in [-0.15, -0.1) is 0 Å². The summed E-state index contributed by atoms with van der Waals surface area (Å²) in [5, 5.41) is 11.2. The fraction of sp³-hybridized carbons (Fsp3) is 0. The molecule has 0 atom stereocenters. The number of hydrogen-bond donors (Lipinski definition) is 3. The Labute approximate surface area is 126 Å². The Balaban J connectivity index is 2.36. The van der Waals surface area contributed by atoms with E-state index >= 15 is 0 Å². The van der Waals surface area contributed by atoms with Crippen molar-refractivity contribution in [2.24, 2.45) is 0 Å². The summed E-state index contributed by atoms with van der Waals surface area (Å²) < 4.78 is 26.2. The zero-order chi connectivity index (χ0) is 15.7. The van der Waals surface area contributed by atoms with E-state index in [1.807, 2.05) is 0 Å². The first kappa shape index (κ1) is 15.3. The van der Waals surface area contributed by atoms with Crippen LogP contribution in [0.1, 0.15) is 20.8 Å². The number of carbonyl (C=O) groups excluding carboxylic acids is 1. The number of aromatic carboxylic acids is 1.